The van der Waals surface area contributed by atoms with E-state index >= 15 is 0 Å². The summed E-state index contributed by atoms with van der Waals surface area (Å²) in [6.07, 6.45) is 3.62. The molecule has 2 aromatic carbocycles. The molecule has 0 bridgehead atoms. The quantitative estimate of drug-likeness (QED) is 0.720. The molecule has 3 rings (SSSR count). The summed E-state index contributed by atoms with van der Waals surface area (Å²) in [5.74, 6) is -0.329. The molecule has 2 atom stereocenters. The second-order valence-corrected chi connectivity index (χ2v) is 9.01. The Hall–Kier alpha value is -1.76. The van der Waals surface area contributed by atoms with E-state index in [1.165, 1.54) is 12.1 Å². The lowest BCUT2D eigenvalue weighted by atomic mass is 10.0. The Balaban J connectivity index is 1.96. The maximum absolute atomic E-state index is 13.4. The molecule has 0 amide bonds. The molecular weight excluding hydrogens is 365 g/mol. The van der Waals surface area contributed by atoms with Gasteiger partial charge in [0, 0.05) is 12.6 Å². The van der Waals surface area contributed by atoms with Crippen molar-refractivity contribution in [1.29, 1.82) is 0 Å². The van der Waals surface area contributed by atoms with Crippen molar-refractivity contribution in [1.82, 2.24) is 4.31 Å². The molecule has 0 aromatic heterocycles. The lowest BCUT2D eigenvalue weighted by Crippen LogP contribution is -2.37. The van der Waals surface area contributed by atoms with Gasteiger partial charge in [-0.05, 0) is 68.9 Å². The molecule has 1 fully saturated rings. The molecule has 1 aliphatic rings. The minimum Gasteiger partial charge on any atom is -0.396 e. The van der Waals surface area contributed by atoms with Crippen molar-refractivity contribution < 1.29 is 17.9 Å². The van der Waals surface area contributed by atoms with Crippen molar-refractivity contribution in [3.63, 3.8) is 0 Å². The second kappa shape index (κ2) is 8.50. The fraction of sp³-hybridized carbons (Fsp3) is 0.429. The van der Waals surface area contributed by atoms with Crippen LogP contribution in [-0.2, 0) is 10.0 Å². The predicted molar refractivity (Wildman–Crippen MR) is 103 cm³/mol. The molecule has 6 heteroatoms. The van der Waals surface area contributed by atoms with Crippen LogP contribution < -0.4 is 0 Å². The monoisotopic (exact) mass is 391 g/mol. The average molecular weight is 392 g/mol. The summed E-state index contributed by atoms with van der Waals surface area (Å²) >= 11 is 0. The second-order valence-electron chi connectivity index (χ2n) is 7.17. The first-order valence-electron chi connectivity index (χ1n) is 9.40. The fourth-order valence-electron chi connectivity index (χ4n) is 3.82. The lowest BCUT2D eigenvalue weighted by Gasteiger charge is -2.30. The zero-order valence-corrected chi connectivity index (χ0v) is 16.3. The Morgan fingerprint density at radius 1 is 1.04 bits per heavy atom. The fourth-order valence-corrected chi connectivity index (χ4v) is 5.71. The van der Waals surface area contributed by atoms with Crippen LogP contribution in [0, 0.1) is 12.7 Å². The summed E-state index contributed by atoms with van der Waals surface area (Å²) in [6, 6.07) is 12.6. The van der Waals surface area contributed by atoms with E-state index in [-0.39, 0.29) is 29.4 Å². The third-order valence-corrected chi connectivity index (χ3v) is 7.21. The Morgan fingerprint density at radius 2 is 1.70 bits per heavy atom. The van der Waals surface area contributed by atoms with Crippen LogP contribution in [0.5, 0.6) is 0 Å². The normalized spacial score (nSPS) is 20.9. The Kier molecular flexibility index (Phi) is 6.29. The number of nitrogens with zero attached hydrogens (tertiary/aromatic N) is 1. The van der Waals surface area contributed by atoms with Crippen LogP contribution >= 0.6 is 0 Å². The van der Waals surface area contributed by atoms with E-state index in [1.54, 1.807) is 40.7 Å². The third-order valence-electron chi connectivity index (χ3n) is 5.24. The number of aryl methyl sites for hydroxylation is 1. The molecule has 0 radical (unpaired) electrons. The summed E-state index contributed by atoms with van der Waals surface area (Å²) in [7, 11) is -3.67. The van der Waals surface area contributed by atoms with Crippen LogP contribution in [0.25, 0.3) is 0 Å². The molecule has 2 aromatic rings. The highest BCUT2D eigenvalue weighted by molar-refractivity contribution is 7.89. The minimum atomic E-state index is -3.67. The van der Waals surface area contributed by atoms with Crippen molar-refractivity contribution in [2.45, 2.75) is 56.0 Å². The van der Waals surface area contributed by atoms with Gasteiger partial charge in [-0.3, -0.25) is 0 Å². The van der Waals surface area contributed by atoms with Crippen LogP contribution in [0.2, 0.25) is 0 Å². The van der Waals surface area contributed by atoms with Gasteiger partial charge in [0.05, 0.1) is 10.9 Å². The highest BCUT2D eigenvalue weighted by atomic mass is 32.2. The van der Waals surface area contributed by atoms with Crippen LogP contribution in [0.15, 0.2) is 53.4 Å². The summed E-state index contributed by atoms with van der Waals surface area (Å²) in [5.41, 5.74) is 1.82. The number of halogens is 1. The van der Waals surface area contributed by atoms with Gasteiger partial charge >= 0.3 is 0 Å². The van der Waals surface area contributed by atoms with Crippen molar-refractivity contribution in [3.8, 4) is 0 Å². The van der Waals surface area contributed by atoms with E-state index in [1.807, 2.05) is 6.92 Å². The standard InChI is InChI=1S/C21H26FNO3S/c1-16-5-12-20(13-6-16)27(25,26)23-19(4-2-3-15-24)11-14-21(23)17-7-9-18(22)10-8-17/h5-10,12-13,19,21,24H,2-4,11,14-15H2,1H3/t19-,21-/m0/s1. The van der Waals surface area contributed by atoms with Gasteiger partial charge in [-0.2, -0.15) is 4.31 Å². The minimum absolute atomic E-state index is 0.110. The number of hydrogen-bond acceptors (Lipinski definition) is 3. The van der Waals surface area contributed by atoms with Crippen LogP contribution in [0.1, 0.15) is 49.3 Å². The number of hydrogen-bond donors (Lipinski definition) is 1. The first kappa shape index (κ1) is 20.0. The molecular formula is C21H26FNO3S. The third kappa shape index (κ3) is 4.39. The molecule has 1 saturated heterocycles. The van der Waals surface area contributed by atoms with Crippen molar-refractivity contribution in [3.05, 3.63) is 65.5 Å². The molecule has 0 unspecified atom stereocenters. The highest BCUT2D eigenvalue weighted by Gasteiger charge is 2.42. The number of aliphatic hydroxyl groups excluding tert-OH is 1. The van der Waals surface area contributed by atoms with E-state index in [2.05, 4.69) is 0 Å². The van der Waals surface area contributed by atoms with Gasteiger partial charge in [0.1, 0.15) is 5.82 Å². The number of unbranched alkanes of at least 4 members (excludes halogenated alkanes) is 1. The van der Waals surface area contributed by atoms with E-state index in [9.17, 15) is 12.8 Å². The Bertz CT molecular complexity index is 850. The lowest BCUT2D eigenvalue weighted by molar-refractivity contribution is 0.266. The van der Waals surface area contributed by atoms with Gasteiger partial charge in [0.2, 0.25) is 10.0 Å². The maximum Gasteiger partial charge on any atom is 0.243 e. The molecule has 146 valence electrons. The molecule has 1 N–H and O–H groups in total. The first-order valence-corrected chi connectivity index (χ1v) is 10.8. The number of sulfonamides is 1. The smallest absolute Gasteiger partial charge is 0.243 e. The Labute approximate surface area is 160 Å². The van der Waals surface area contributed by atoms with Crippen LogP contribution in [0.4, 0.5) is 4.39 Å². The van der Waals surface area contributed by atoms with Crippen molar-refractivity contribution in [2.24, 2.45) is 0 Å². The van der Waals surface area contributed by atoms with Gasteiger partial charge in [-0.25, -0.2) is 12.8 Å². The van der Waals surface area contributed by atoms with Gasteiger partial charge in [-0.1, -0.05) is 29.8 Å². The summed E-state index contributed by atoms with van der Waals surface area (Å²) in [5, 5.41) is 9.06. The van der Waals surface area contributed by atoms with Gasteiger partial charge < -0.3 is 5.11 Å². The van der Waals surface area contributed by atoms with Crippen LogP contribution in [0.3, 0.4) is 0 Å². The number of rotatable bonds is 7. The molecule has 4 nitrogen and oxygen atoms in total. The van der Waals surface area contributed by atoms with E-state index in [0.717, 1.165) is 24.0 Å². The number of benzene rings is 2. The van der Waals surface area contributed by atoms with Crippen LogP contribution in [-0.4, -0.2) is 30.5 Å². The molecule has 0 saturated carbocycles. The number of aliphatic hydroxyl groups is 1. The molecule has 0 spiro atoms. The van der Waals surface area contributed by atoms with Gasteiger partial charge in [-0.15, -0.1) is 0 Å². The van der Waals surface area contributed by atoms with Gasteiger partial charge in [0.15, 0.2) is 0 Å². The molecule has 27 heavy (non-hydrogen) atoms. The largest absolute Gasteiger partial charge is 0.396 e. The van der Waals surface area contributed by atoms with Gasteiger partial charge in [0.25, 0.3) is 0 Å². The zero-order valence-electron chi connectivity index (χ0n) is 15.5. The topological polar surface area (TPSA) is 57.6 Å². The average Bonchev–Trinajstić information content (AvgIpc) is 3.08. The van der Waals surface area contributed by atoms with Crippen molar-refractivity contribution >= 4 is 10.0 Å². The van der Waals surface area contributed by atoms with E-state index in [0.29, 0.717) is 19.3 Å². The predicted octanol–water partition coefficient (Wildman–Crippen LogP) is 4.19. The first-order chi connectivity index (χ1) is 12.9. The summed E-state index contributed by atoms with van der Waals surface area (Å²) in [4.78, 5) is 0.286. The molecule has 1 aliphatic heterocycles. The zero-order chi connectivity index (χ0) is 19.4. The maximum atomic E-state index is 13.4. The highest BCUT2D eigenvalue weighted by Crippen LogP contribution is 2.42. The molecule has 1 heterocycles. The summed E-state index contributed by atoms with van der Waals surface area (Å²) in [6.45, 7) is 2.03. The van der Waals surface area contributed by atoms with Crippen molar-refractivity contribution in [2.75, 3.05) is 6.61 Å². The Morgan fingerprint density at radius 3 is 2.33 bits per heavy atom. The summed E-state index contributed by atoms with van der Waals surface area (Å²) < 4.78 is 41.8. The SMILES string of the molecule is Cc1ccc(S(=O)(=O)N2[C@@H](CCCCO)CC[C@H]2c2ccc(F)cc2)cc1. The molecule has 0 aliphatic carbocycles. The van der Waals surface area contributed by atoms with E-state index in [4.69, 9.17) is 5.11 Å². The van der Waals surface area contributed by atoms with E-state index < -0.39 is 10.0 Å².